The predicted molar refractivity (Wildman–Crippen MR) is 83.2 cm³/mol. The summed E-state index contributed by atoms with van der Waals surface area (Å²) in [7, 11) is -3.50. The van der Waals surface area contributed by atoms with E-state index in [0.717, 1.165) is 28.2 Å². The Morgan fingerprint density at radius 1 is 1.14 bits per heavy atom. The van der Waals surface area contributed by atoms with E-state index in [-0.39, 0.29) is 11.0 Å². The van der Waals surface area contributed by atoms with Crippen molar-refractivity contribution in [3.8, 4) is 11.5 Å². The molecule has 2 aromatic rings. The Bertz CT molecular complexity index is 847. The summed E-state index contributed by atoms with van der Waals surface area (Å²) < 4.78 is 38.3. The fourth-order valence-electron chi connectivity index (χ4n) is 2.69. The van der Waals surface area contributed by atoms with Gasteiger partial charge >= 0.3 is 0 Å². The second kappa shape index (κ2) is 5.13. The van der Waals surface area contributed by atoms with Crippen molar-refractivity contribution in [2.75, 3.05) is 13.3 Å². The molecule has 1 aromatic carbocycles. The summed E-state index contributed by atoms with van der Waals surface area (Å²) in [6, 6.07) is 6.98. The van der Waals surface area contributed by atoms with Crippen LogP contribution in [0.15, 0.2) is 28.5 Å². The Hall–Kier alpha value is -1.28. The van der Waals surface area contributed by atoms with Crippen LogP contribution >= 0.6 is 22.9 Å². The molecule has 2 aliphatic rings. The first-order chi connectivity index (χ1) is 10.5. The number of hydrogen-bond acceptors (Lipinski definition) is 5. The summed E-state index contributed by atoms with van der Waals surface area (Å²) >= 11 is 6.94. The molecule has 2 aliphatic heterocycles. The van der Waals surface area contributed by atoms with Crippen LogP contribution in [0.1, 0.15) is 11.1 Å². The van der Waals surface area contributed by atoms with Gasteiger partial charge in [0.25, 0.3) is 10.0 Å². The molecule has 1 aromatic heterocycles. The maximum atomic E-state index is 12.7. The Labute approximate surface area is 137 Å². The average molecular weight is 358 g/mol. The molecule has 0 N–H and O–H groups in total. The molecule has 4 rings (SSSR count). The zero-order valence-electron chi connectivity index (χ0n) is 11.4. The van der Waals surface area contributed by atoms with Crippen molar-refractivity contribution in [2.24, 2.45) is 0 Å². The molecule has 0 saturated carbocycles. The van der Waals surface area contributed by atoms with Gasteiger partial charge in [0.2, 0.25) is 6.79 Å². The number of nitrogens with zero attached hydrogens (tertiary/aromatic N) is 1. The van der Waals surface area contributed by atoms with Gasteiger partial charge < -0.3 is 9.47 Å². The topological polar surface area (TPSA) is 55.8 Å². The minimum absolute atomic E-state index is 0.216. The molecule has 116 valence electrons. The molecule has 22 heavy (non-hydrogen) atoms. The number of thiophene rings is 1. The molecule has 5 nitrogen and oxygen atoms in total. The fourth-order valence-corrected chi connectivity index (χ4v) is 5.74. The van der Waals surface area contributed by atoms with Crippen LogP contribution in [-0.4, -0.2) is 26.1 Å². The first kappa shape index (κ1) is 14.3. The minimum atomic E-state index is -3.50. The van der Waals surface area contributed by atoms with Crippen LogP contribution in [0.3, 0.4) is 0 Å². The second-order valence-corrected chi connectivity index (χ2v) is 9.00. The second-order valence-electron chi connectivity index (χ2n) is 5.12. The van der Waals surface area contributed by atoms with Gasteiger partial charge in [-0.1, -0.05) is 11.6 Å². The molecular weight excluding hydrogens is 346 g/mol. The number of hydrogen-bond donors (Lipinski definition) is 0. The zero-order valence-corrected chi connectivity index (χ0v) is 13.8. The third kappa shape index (κ3) is 2.28. The van der Waals surface area contributed by atoms with Crippen LogP contribution in [0.5, 0.6) is 11.5 Å². The molecule has 8 heteroatoms. The molecule has 0 amide bonds. The van der Waals surface area contributed by atoms with Crippen molar-refractivity contribution in [3.05, 3.63) is 39.7 Å². The first-order valence-electron chi connectivity index (χ1n) is 6.71. The normalized spacial score (nSPS) is 17.5. The van der Waals surface area contributed by atoms with Gasteiger partial charge in [0, 0.05) is 13.1 Å². The van der Waals surface area contributed by atoms with E-state index in [1.54, 1.807) is 12.1 Å². The molecule has 0 radical (unpaired) electrons. The molecule has 0 fully saturated rings. The quantitative estimate of drug-likeness (QED) is 0.829. The van der Waals surface area contributed by atoms with Crippen molar-refractivity contribution in [1.29, 1.82) is 0 Å². The predicted octanol–water partition coefficient (Wildman–Crippen LogP) is 2.88. The van der Waals surface area contributed by atoms with Crippen LogP contribution in [0, 0.1) is 0 Å². The summed E-state index contributed by atoms with van der Waals surface area (Å²) in [5.74, 6) is 1.41. The molecule has 0 unspecified atom stereocenters. The average Bonchev–Trinajstić information content (AvgIpc) is 3.12. The number of halogens is 1. The lowest BCUT2D eigenvalue weighted by atomic mass is 10.0. The third-order valence-corrected chi connectivity index (χ3v) is 7.36. The highest BCUT2D eigenvalue weighted by Gasteiger charge is 2.31. The van der Waals surface area contributed by atoms with Gasteiger partial charge in [-0.15, -0.1) is 11.3 Å². The lowest BCUT2D eigenvalue weighted by Crippen LogP contribution is -2.35. The van der Waals surface area contributed by atoms with Gasteiger partial charge in [0.15, 0.2) is 11.5 Å². The smallest absolute Gasteiger partial charge is 0.252 e. The molecule has 3 heterocycles. The first-order valence-corrected chi connectivity index (χ1v) is 9.34. The number of sulfonamides is 1. The monoisotopic (exact) mass is 357 g/mol. The van der Waals surface area contributed by atoms with E-state index < -0.39 is 10.0 Å². The summed E-state index contributed by atoms with van der Waals surface area (Å²) in [5.41, 5.74) is 2.07. The SMILES string of the molecule is O=S(=O)(c1ccc(Cl)s1)N1CCc2cc3c(cc2C1)OCO3. The third-order valence-electron chi connectivity index (χ3n) is 3.81. The Kier molecular flexibility index (Phi) is 3.34. The van der Waals surface area contributed by atoms with Crippen LogP contribution in [0.25, 0.3) is 0 Å². The molecule has 0 bridgehead atoms. The maximum absolute atomic E-state index is 12.7. The Morgan fingerprint density at radius 2 is 1.86 bits per heavy atom. The number of benzene rings is 1. The largest absolute Gasteiger partial charge is 0.454 e. The minimum Gasteiger partial charge on any atom is -0.454 e. The number of rotatable bonds is 2. The highest BCUT2D eigenvalue weighted by molar-refractivity contribution is 7.91. The van der Waals surface area contributed by atoms with Crippen LogP contribution in [0.2, 0.25) is 4.34 Å². The van der Waals surface area contributed by atoms with Crippen molar-refractivity contribution >= 4 is 33.0 Å². The van der Waals surface area contributed by atoms with Crippen LogP contribution in [-0.2, 0) is 23.0 Å². The van der Waals surface area contributed by atoms with E-state index >= 15 is 0 Å². The Balaban J connectivity index is 1.67. The van der Waals surface area contributed by atoms with Gasteiger partial charge in [0.1, 0.15) is 4.21 Å². The van der Waals surface area contributed by atoms with Gasteiger partial charge in [-0.05, 0) is 41.8 Å². The zero-order chi connectivity index (χ0) is 15.3. The molecular formula is C14H12ClNO4S2. The van der Waals surface area contributed by atoms with E-state index in [2.05, 4.69) is 0 Å². The van der Waals surface area contributed by atoms with Crippen molar-refractivity contribution in [1.82, 2.24) is 4.31 Å². The highest BCUT2D eigenvalue weighted by Crippen LogP contribution is 2.38. The summed E-state index contributed by atoms with van der Waals surface area (Å²) in [5, 5.41) is 0. The van der Waals surface area contributed by atoms with E-state index in [1.165, 1.54) is 4.31 Å². The maximum Gasteiger partial charge on any atom is 0.252 e. The van der Waals surface area contributed by atoms with Gasteiger partial charge in [-0.25, -0.2) is 8.42 Å². The van der Waals surface area contributed by atoms with E-state index in [4.69, 9.17) is 21.1 Å². The van der Waals surface area contributed by atoms with Crippen LogP contribution in [0.4, 0.5) is 0 Å². The summed E-state index contributed by atoms with van der Waals surface area (Å²) in [4.78, 5) is 0. The molecule has 0 atom stereocenters. The fraction of sp³-hybridized carbons (Fsp3) is 0.286. The van der Waals surface area contributed by atoms with Gasteiger partial charge in [0.05, 0.1) is 4.34 Å². The summed E-state index contributed by atoms with van der Waals surface area (Å²) in [6.07, 6.45) is 0.657. The lowest BCUT2D eigenvalue weighted by Gasteiger charge is -2.27. The Morgan fingerprint density at radius 3 is 2.55 bits per heavy atom. The standard InChI is InChI=1S/C14H12ClNO4S2/c15-13-1-2-14(21-13)22(17,18)16-4-3-9-5-11-12(20-8-19-11)6-10(9)7-16/h1-2,5-6H,3-4,7-8H2. The van der Waals surface area contributed by atoms with E-state index in [0.29, 0.717) is 29.6 Å². The van der Waals surface area contributed by atoms with Crippen molar-refractivity contribution < 1.29 is 17.9 Å². The molecule has 0 spiro atoms. The van der Waals surface area contributed by atoms with Gasteiger partial charge in [-0.2, -0.15) is 4.31 Å². The molecule has 0 aliphatic carbocycles. The van der Waals surface area contributed by atoms with Crippen molar-refractivity contribution in [3.63, 3.8) is 0 Å². The van der Waals surface area contributed by atoms with E-state index in [1.807, 2.05) is 12.1 Å². The van der Waals surface area contributed by atoms with E-state index in [9.17, 15) is 8.42 Å². The van der Waals surface area contributed by atoms with Crippen LogP contribution < -0.4 is 9.47 Å². The number of fused-ring (bicyclic) bond motifs is 2. The van der Waals surface area contributed by atoms with Gasteiger partial charge in [-0.3, -0.25) is 0 Å². The summed E-state index contributed by atoms with van der Waals surface area (Å²) in [6.45, 7) is 1.00. The molecule has 0 saturated heterocycles. The highest BCUT2D eigenvalue weighted by atomic mass is 35.5. The lowest BCUT2D eigenvalue weighted by molar-refractivity contribution is 0.174. The van der Waals surface area contributed by atoms with Crippen molar-refractivity contribution in [2.45, 2.75) is 17.2 Å². The number of ether oxygens (including phenoxy) is 2.